The van der Waals surface area contributed by atoms with Crippen LogP contribution in [0.25, 0.3) is 0 Å². The van der Waals surface area contributed by atoms with E-state index in [1.165, 1.54) is 12.7 Å². The predicted octanol–water partition coefficient (Wildman–Crippen LogP) is 1.53. The fourth-order valence-electron chi connectivity index (χ4n) is 2.42. The number of nitrogens with zero attached hydrogens (tertiary/aromatic N) is 3. The maximum absolute atomic E-state index is 12.0. The molecule has 1 saturated carbocycles. The summed E-state index contributed by atoms with van der Waals surface area (Å²) in [6, 6.07) is 0.0182. The molecule has 1 amide bonds. The van der Waals surface area contributed by atoms with Crippen molar-refractivity contribution >= 4 is 5.91 Å². The highest BCUT2D eigenvalue weighted by atomic mass is 16.2. The number of hydrogen-bond acceptors (Lipinski definition) is 3. The van der Waals surface area contributed by atoms with Gasteiger partial charge in [0.25, 0.3) is 0 Å². The van der Waals surface area contributed by atoms with Crippen molar-refractivity contribution in [3.05, 3.63) is 12.7 Å². The molecule has 2 atom stereocenters. The summed E-state index contributed by atoms with van der Waals surface area (Å²) in [7, 11) is 0. The number of carbonyl (C=O) groups excluding carboxylic acids is 1. The molecular weight excluding hydrogens is 216 g/mol. The van der Waals surface area contributed by atoms with Crippen LogP contribution < -0.4 is 5.32 Å². The molecule has 1 aliphatic carbocycles. The van der Waals surface area contributed by atoms with E-state index in [0.29, 0.717) is 11.5 Å². The summed E-state index contributed by atoms with van der Waals surface area (Å²) in [6.07, 6.45) is 6.33. The van der Waals surface area contributed by atoms with Crippen molar-refractivity contribution in [1.29, 1.82) is 0 Å². The summed E-state index contributed by atoms with van der Waals surface area (Å²) in [5.74, 6) is 0.0261. The maximum atomic E-state index is 12.0. The molecule has 94 valence electrons. The Bertz CT molecular complexity index is 385. The second-order valence-corrected chi connectivity index (χ2v) is 5.66. The molecule has 1 heterocycles. The van der Waals surface area contributed by atoms with Crippen LogP contribution >= 0.6 is 0 Å². The van der Waals surface area contributed by atoms with Gasteiger partial charge >= 0.3 is 0 Å². The third-order valence-electron chi connectivity index (χ3n) is 3.53. The molecular formula is C12H20N4O. The molecule has 2 rings (SSSR count). The van der Waals surface area contributed by atoms with Crippen LogP contribution in [0, 0.1) is 5.41 Å². The summed E-state index contributed by atoms with van der Waals surface area (Å²) >= 11 is 0. The van der Waals surface area contributed by atoms with E-state index in [0.717, 1.165) is 12.8 Å². The van der Waals surface area contributed by atoms with Gasteiger partial charge in [-0.05, 0) is 31.6 Å². The summed E-state index contributed by atoms with van der Waals surface area (Å²) in [5, 5.41) is 7.08. The maximum Gasteiger partial charge on any atom is 0.244 e. The Morgan fingerprint density at radius 3 is 2.88 bits per heavy atom. The van der Waals surface area contributed by atoms with E-state index < -0.39 is 0 Å². The van der Waals surface area contributed by atoms with Crippen molar-refractivity contribution < 1.29 is 4.79 Å². The average molecular weight is 236 g/mol. The van der Waals surface area contributed by atoms with Crippen molar-refractivity contribution in [2.75, 3.05) is 0 Å². The SMILES string of the molecule is CC(C(=O)NC1CCC(C)(C)C1)n1cncn1. The van der Waals surface area contributed by atoms with Crippen LogP contribution in [-0.4, -0.2) is 26.7 Å². The number of hydrogen-bond donors (Lipinski definition) is 1. The third-order valence-corrected chi connectivity index (χ3v) is 3.53. The molecule has 0 saturated heterocycles. The van der Waals surface area contributed by atoms with Crippen LogP contribution in [0.2, 0.25) is 0 Å². The van der Waals surface area contributed by atoms with Gasteiger partial charge in [0, 0.05) is 6.04 Å². The fourth-order valence-corrected chi connectivity index (χ4v) is 2.42. The molecule has 0 bridgehead atoms. The van der Waals surface area contributed by atoms with Gasteiger partial charge in [-0.2, -0.15) is 5.10 Å². The van der Waals surface area contributed by atoms with E-state index >= 15 is 0 Å². The highest BCUT2D eigenvalue weighted by molar-refractivity contribution is 5.80. The minimum absolute atomic E-state index is 0.0261. The third kappa shape index (κ3) is 2.84. The molecule has 0 aromatic carbocycles. The molecule has 2 unspecified atom stereocenters. The smallest absolute Gasteiger partial charge is 0.244 e. The van der Waals surface area contributed by atoms with E-state index in [1.807, 2.05) is 6.92 Å². The highest BCUT2D eigenvalue weighted by Gasteiger charge is 2.32. The molecule has 1 aliphatic rings. The van der Waals surface area contributed by atoms with Crippen molar-refractivity contribution in [1.82, 2.24) is 20.1 Å². The zero-order valence-corrected chi connectivity index (χ0v) is 10.7. The summed E-state index contributed by atoms with van der Waals surface area (Å²) in [5.41, 5.74) is 0.356. The second kappa shape index (κ2) is 4.47. The largest absolute Gasteiger partial charge is 0.352 e. The van der Waals surface area contributed by atoms with Gasteiger partial charge in [-0.25, -0.2) is 9.67 Å². The normalized spacial score (nSPS) is 24.5. The van der Waals surface area contributed by atoms with E-state index in [9.17, 15) is 4.79 Å². The first kappa shape index (κ1) is 12.1. The Labute approximate surface area is 102 Å². The first-order valence-electron chi connectivity index (χ1n) is 6.12. The van der Waals surface area contributed by atoms with E-state index in [-0.39, 0.29) is 11.9 Å². The standard InChI is InChI=1S/C12H20N4O/c1-9(16-8-13-7-14-16)11(17)15-10-4-5-12(2,3)6-10/h7-10H,4-6H2,1-3H3,(H,15,17). The van der Waals surface area contributed by atoms with Crippen LogP contribution in [0.5, 0.6) is 0 Å². The molecule has 0 aliphatic heterocycles. The fraction of sp³-hybridized carbons (Fsp3) is 0.750. The molecule has 1 aromatic heterocycles. The Morgan fingerprint density at radius 2 is 2.35 bits per heavy atom. The van der Waals surface area contributed by atoms with Gasteiger partial charge in [0.05, 0.1) is 0 Å². The van der Waals surface area contributed by atoms with Crippen molar-refractivity contribution in [2.24, 2.45) is 5.41 Å². The summed E-state index contributed by atoms with van der Waals surface area (Å²) < 4.78 is 1.58. The lowest BCUT2D eigenvalue weighted by Gasteiger charge is -2.19. The van der Waals surface area contributed by atoms with E-state index in [4.69, 9.17) is 0 Å². The molecule has 5 nitrogen and oxygen atoms in total. The van der Waals surface area contributed by atoms with Crippen LogP contribution in [0.15, 0.2) is 12.7 Å². The van der Waals surface area contributed by atoms with Gasteiger partial charge in [-0.1, -0.05) is 13.8 Å². The van der Waals surface area contributed by atoms with Gasteiger partial charge in [-0.3, -0.25) is 4.79 Å². The summed E-state index contributed by atoms with van der Waals surface area (Å²) in [6.45, 7) is 6.34. The monoisotopic (exact) mass is 236 g/mol. The van der Waals surface area contributed by atoms with Gasteiger partial charge < -0.3 is 5.32 Å². The predicted molar refractivity (Wildman–Crippen MR) is 64.3 cm³/mol. The molecule has 1 aromatic rings. The molecule has 0 spiro atoms. The number of carbonyl (C=O) groups is 1. The molecule has 17 heavy (non-hydrogen) atoms. The van der Waals surface area contributed by atoms with Crippen molar-refractivity contribution in [3.8, 4) is 0 Å². The summed E-state index contributed by atoms with van der Waals surface area (Å²) in [4.78, 5) is 15.9. The van der Waals surface area contributed by atoms with Crippen LogP contribution in [0.4, 0.5) is 0 Å². The van der Waals surface area contributed by atoms with Gasteiger partial charge in [0.1, 0.15) is 18.7 Å². The van der Waals surface area contributed by atoms with Gasteiger partial charge in [0.2, 0.25) is 5.91 Å². The average Bonchev–Trinajstić information content (AvgIpc) is 2.86. The highest BCUT2D eigenvalue weighted by Crippen LogP contribution is 2.36. The van der Waals surface area contributed by atoms with Gasteiger partial charge in [-0.15, -0.1) is 0 Å². The zero-order chi connectivity index (χ0) is 12.5. The number of nitrogens with one attached hydrogen (secondary N) is 1. The lowest BCUT2D eigenvalue weighted by atomic mass is 9.92. The lowest BCUT2D eigenvalue weighted by molar-refractivity contribution is -0.124. The lowest BCUT2D eigenvalue weighted by Crippen LogP contribution is -2.38. The Balaban J connectivity index is 1.90. The molecule has 0 radical (unpaired) electrons. The molecule has 1 fully saturated rings. The van der Waals surface area contributed by atoms with Crippen molar-refractivity contribution in [2.45, 2.75) is 52.1 Å². The topological polar surface area (TPSA) is 59.8 Å². The first-order valence-corrected chi connectivity index (χ1v) is 6.12. The molecule has 5 heteroatoms. The van der Waals surface area contributed by atoms with Crippen LogP contribution in [-0.2, 0) is 4.79 Å². The van der Waals surface area contributed by atoms with E-state index in [2.05, 4.69) is 29.2 Å². The van der Waals surface area contributed by atoms with Crippen LogP contribution in [0.3, 0.4) is 0 Å². The quantitative estimate of drug-likeness (QED) is 0.866. The number of rotatable bonds is 3. The van der Waals surface area contributed by atoms with Gasteiger partial charge in [0.15, 0.2) is 0 Å². The second-order valence-electron chi connectivity index (χ2n) is 5.66. The number of amides is 1. The van der Waals surface area contributed by atoms with Crippen molar-refractivity contribution in [3.63, 3.8) is 0 Å². The first-order chi connectivity index (χ1) is 7.98. The minimum Gasteiger partial charge on any atom is -0.352 e. The van der Waals surface area contributed by atoms with E-state index in [1.54, 1.807) is 11.0 Å². The Morgan fingerprint density at radius 1 is 1.59 bits per heavy atom. The Hall–Kier alpha value is -1.39. The minimum atomic E-state index is -0.291. The molecule has 1 N–H and O–H groups in total. The number of aromatic nitrogens is 3. The van der Waals surface area contributed by atoms with Crippen LogP contribution in [0.1, 0.15) is 46.1 Å². The zero-order valence-electron chi connectivity index (χ0n) is 10.7. The Kier molecular flexibility index (Phi) is 3.17.